The zero-order valence-electron chi connectivity index (χ0n) is 15.8. The largest absolute Gasteiger partial charge is 0.492 e. The minimum absolute atomic E-state index is 0.0314. The number of anilines is 1. The number of hydrogen-bond acceptors (Lipinski definition) is 6. The molecule has 2 N–H and O–H groups in total. The minimum atomic E-state index is -0.204. The summed E-state index contributed by atoms with van der Waals surface area (Å²) >= 11 is 6.28. The summed E-state index contributed by atoms with van der Waals surface area (Å²) in [4.78, 5) is 18.3. The van der Waals surface area contributed by atoms with Gasteiger partial charge in [-0.2, -0.15) is 4.98 Å². The summed E-state index contributed by atoms with van der Waals surface area (Å²) in [7, 11) is 4.01. The number of nitrogen functional groups attached to an aromatic ring is 1. The van der Waals surface area contributed by atoms with Crippen molar-refractivity contribution in [2.75, 3.05) is 33.0 Å². The van der Waals surface area contributed by atoms with Gasteiger partial charge in [-0.1, -0.05) is 29.8 Å². The van der Waals surface area contributed by atoms with Crippen LogP contribution in [-0.2, 0) is 6.42 Å². The quantitative estimate of drug-likeness (QED) is 0.578. The lowest BCUT2D eigenvalue weighted by molar-refractivity contribution is 0.0988. The number of hydrogen-bond donors (Lipinski definition) is 1. The molecule has 0 amide bonds. The molecule has 0 radical (unpaired) electrons. The van der Waals surface area contributed by atoms with Gasteiger partial charge in [0, 0.05) is 18.0 Å². The van der Waals surface area contributed by atoms with E-state index in [1.807, 2.05) is 50.5 Å². The standard InChI is InChI=1S/C21H22ClN3O3/c1-25(2)9-10-27-17-6-3-14(4-7-17)15-5-8-18(22)16(11-15)12-20(26)19-13-28-21(23)24-19/h3-8,11,13H,9-10,12H2,1-2H3,(H2,23,24). The van der Waals surface area contributed by atoms with Crippen molar-refractivity contribution in [3.8, 4) is 16.9 Å². The maximum Gasteiger partial charge on any atom is 0.292 e. The summed E-state index contributed by atoms with van der Waals surface area (Å²) in [6.07, 6.45) is 1.37. The molecule has 0 spiro atoms. The number of nitrogens with two attached hydrogens (primary N) is 1. The molecule has 0 saturated heterocycles. The van der Waals surface area contributed by atoms with Crippen LogP contribution in [0.2, 0.25) is 5.02 Å². The number of carbonyl (C=O) groups excluding carboxylic acids is 1. The van der Waals surface area contributed by atoms with E-state index < -0.39 is 0 Å². The Kier molecular flexibility index (Phi) is 6.34. The number of nitrogens with zero attached hydrogens (tertiary/aromatic N) is 2. The first-order valence-corrected chi connectivity index (χ1v) is 9.21. The van der Waals surface area contributed by atoms with Crippen molar-refractivity contribution in [1.29, 1.82) is 0 Å². The molecule has 0 saturated carbocycles. The lowest BCUT2D eigenvalue weighted by Crippen LogP contribution is -2.19. The fourth-order valence-electron chi connectivity index (χ4n) is 2.66. The summed E-state index contributed by atoms with van der Waals surface area (Å²) in [6, 6.07) is 13.4. The van der Waals surface area contributed by atoms with E-state index in [9.17, 15) is 4.79 Å². The summed E-state index contributed by atoms with van der Waals surface area (Å²) in [6.45, 7) is 1.49. The number of halogens is 1. The predicted molar refractivity (Wildman–Crippen MR) is 110 cm³/mol. The molecule has 3 rings (SSSR count). The van der Waals surface area contributed by atoms with Crippen LogP contribution in [-0.4, -0.2) is 42.9 Å². The summed E-state index contributed by atoms with van der Waals surface area (Å²) in [5, 5.41) is 0.525. The van der Waals surface area contributed by atoms with Gasteiger partial charge < -0.3 is 19.8 Å². The fourth-order valence-corrected chi connectivity index (χ4v) is 2.84. The fraction of sp³-hybridized carbons (Fsp3) is 0.238. The monoisotopic (exact) mass is 399 g/mol. The number of oxazole rings is 1. The highest BCUT2D eigenvalue weighted by atomic mass is 35.5. The molecule has 7 heteroatoms. The minimum Gasteiger partial charge on any atom is -0.492 e. The Morgan fingerprint density at radius 1 is 1.18 bits per heavy atom. The molecule has 0 aliphatic carbocycles. The Balaban J connectivity index is 1.72. The van der Waals surface area contributed by atoms with E-state index in [0.29, 0.717) is 11.6 Å². The lowest BCUT2D eigenvalue weighted by Gasteiger charge is -2.12. The molecule has 0 bridgehead atoms. The second-order valence-corrected chi connectivity index (χ2v) is 7.06. The van der Waals surface area contributed by atoms with Crippen LogP contribution < -0.4 is 10.5 Å². The van der Waals surface area contributed by atoms with Crippen molar-refractivity contribution in [1.82, 2.24) is 9.88 Å². The van der Waals surface area contributed by atoms with Gasteiger partial charge in [0.1, 0.15) is 24.3 Å². The highest BCUT2D eigenvalue weighted by Gasteiger charge is 2.14. The molecular weight excluding hydrogens is 378 g/mol. The molecule has 0 atom stereocenters. The van der Waals surface area contributed by atoms with Crippen LogP contribution in [0.15, 0.2) is 53.1 Å². The third kappa shape index (κ3) is 5.12. The average molecular weight is 400 g/mol. The molecular formula is C21H22ClN3O3. The first-order chi connectivity index (χ1) is 13.4. The molecule has 1 heterocycles. The van der Waals surface area contributed by atoms with Gasteiger partial charge in [-0.05, 0) is 55.1 Å². The van der Waals surface area contributed by atoms with Crippen LogP contribution in [0.3, 0.4) is 0 Å². The zero-order valence-corrected chi connectivity index (χ0v) is 16.6. The van der Waals surface area contributed by atoms with E-state index >= 15 is 0 Å². The van der Waals surface area contributed by atoms with Crippen molar-refractivity contribution in [3.63, 3.8) is 0 Å². The summed E-state index contributed by atoms with van der Waals surface area (Å²) in [5.41, 5.74) is 8.32. The van der Waals surface area contributed by atoms with Crippen LogP contribution in [0.4, 0.5) is 6.01 Å². The van der Waals surface area contributed by atoms with Gasteiger partial charge in [0.15, 0.2) is 5.78 Å². The van der Waals surface area contributed by atoms with Crippen molar-refractivity contribution < 1.29 is 13.9 Å². The summed E-state index contributed by atoms with van der Waals surface area (Å²) < 4.78 is 10.6. The van der Waals surface area contributed by atoms with Gasteiger partial charge in [-0.15, -0.1) is 0 Å². The van der Waals surface area contributed by atoms with Gasteiger partial charge in [-0.25, -0.2) is 0 Å². The first-order valence-electron chi connectivity index (χ1n) is 8.83. The van der Waals surface area contributed by atoms with Crippen LogP contribution in [0, 0.1) is 0 Å². The molecule has 0 unspecified atom stereocenters. The number of aromatic nitrogens is 1. The lowest BCUT2D eigenvalue weighted by atomic mass is 10.00. The predicted octanol–water partition coefficient (Wildman–Crippen LogP) is 3.94. The molecule has 146 valence electrons. The van der Waals surface area contributed by atoms with Gasteiger partial charge in [0.25, 0.3) is 6.01 Å². The molecule has 0 aliphatic rings. The zero-order chi connectivity index (χ0) is 20.1. The number of carbonyl (C=O) groups is 1. The molecule has 2 aromatic carbocycles. The third-order valence-corrected chi connectivity index (χ3v) is 4.57. The first kappa shape index (κ1) is 19.9. The normalized spacial score (nSPS) is 11.0. The SMILES string of the molecule is CN(C)CCOc1ccc(-c2ccc(Cl)c(CC(=O)c3coc(N)n3)c2)cc1. The number of ether oxygens (including phenoxy) is 1. The van der Waals surface area contributed by atoms with Crippen LogP contribution in [0.5, 0.6) is 5.75 Å². The van der Waals surface area contributed by atoms with Crippen molar-refractivity contribution >= 4 is 23.4 Å². The molecule has 0 fully saturated rings. The van der Waals surface area contributed by atoms with Crippen LogP contribution >= 0.6 is 11.6 Å². The third-order valence-electron chi connectivity index (χ3n) is 4.20. The number of ketones is 1. The van der Waals surface area contributed by atoms with E-state index in [0.717, 1.165) is 29.0 Å². The smallest absolute Gasteiger partial charge is 0.292 e. The van der Waals surface area contributed by atoms with Crippen LogP contribution in [0.1, 0.15) is 16.1 Å². The molecule has 0 aliphatic heterocycles. The van der Waals surface area contributed by atoms with E-state index in [2.05, 4.69) is 9.88 Å². The van der Waals surface area contributed by atoms with E-state index in [1.54, 1.807) is 6.07 Å². The van der Waals surface area contributed by atoms with E-state index in [4.69, 9.17) is 26.5 Å². The molecule has 1 aromatic heterocycles. The maximum absolute atomic E-state index is 12.4. The Morgan fingerprint density at radius 2 is 1.89 bits per heavy atom. The topological polar surface area (TPSA) is 81.6 Å². The van der Waals surface area contributed by atoms with E-state index in [-0.39, 0.29) is 23.9 Å². The Hall–Kier alpha value is -2.83. The highest BCUT2D eigenvalue weighted by molar-refractivity contribution is 6.31. The Bertz CT molecular complexity index is 952. The second-order valence-electron chi connectivity index (χ2n) is 6.65. The van der Waals surface area contributed by atoms with E-state index in [1.165, 1.54) is 6.26 Å². The van der Waals surface area contributed by atoms with Crippen molar-refractivity contribution in [3.05, 3.63) is 65.0 Å². The Labute approximate surface area is 168 Å². The van der Waals surface area contributed by atoms with Gasteiger partial charge in [-0.3, -0.25) is 4.79 Å². The number of rotatable bonds is 8. The number of Topliss-reactive ketones (excluding diaryl/α,β-unsaturated/α-hetero) is 1. The van der Waals surface area contributed by atoms with Crippen molar-refractivity contribution in [2.24, 2.45) is 0 Å². The average Bonchev–Trinajstić information content (AvgIpc) is 3.10. The summed E-state index contributed by atoms with van der Waals surface area (Å²) in [5.74, 6) is 0.614. The van der Waals surface area contributed by atoms with Crippen LogP contribution in [0.25, 0.3) is 11.1 Å². The van der Waals surface area contributed by atoms with Gasteiger partial charge in [0.2, 0.25) is 0 Å². The number of likely N-dealkylation sites (N-methyl/N-ethyl adjacent to an activating group) is 1. The highest BCUT2D eigenvalue weighted by Crippen LogP contribution is 2.27. The van der Waals surface area contributed by atoms with Gasteiger partial charge >= 0.3 is 0 Å². The second kappa shape index (κ2) is 8.91. The maximum atomic E-state index is 12.4. The van der Waals surface area contributed by atoms with Crippen molar-refractivity contribution in [2.45, 2.75) is 6.42 Å². The molecule has 28 heavy (non-hydrogen) atoms. The number of benzene rings is 2. The Morgan fingerprint density at radius 3 is 2.54 bits per heavy atom. The van der Waals surface area contributed by atoms with Gasteiger partial charge in [0.05, 0.1) is 0 Å². The molecule has 3 aromatic rings. The molecule has 6 nitrogen and oxygen atoms in total.